The number of carboxylic acids is 1. The monoisotopic (exact) mass is 265 g/mol. The van der Waals surface area contributed by atoms with E-state index in [1.165, 1.54) is 29.9 Å². The Morgan fingerprint density at radius 3 is 2.58 bits per heavy atom. The lowest BCUT2D eigenvalue weighted by Crippen LogP contribution is -2.36. The van der Waals surface area contributed by atoms with E-state index in [9.17, 15) is 9.59 Å². The average molecular weight is 265 g/mol. The van der Waals surface area contributed by atoms with Gasteiger partial charge >= 0.3 is 5.97 Å². The van der Waals surface area contributed by atoms with E-state index in [2.05, 4.69) is 10.4 Å². The molecule has 1 fully saturated rings. The number of carbonyl (C=O) groups excluding carboxylic acids is 1. The topological polar surface area (TPSA) is 84.2 Å². The van der Waals surface area contributed by atoms with Crippen LogP contribution in [-0.2, 0) is 11.3 Å². The quantitative estimate of drug-likeness (QED) is 0.806. The predicted octanol–water partition coefficient (Wildman–Crippen LogP) is 1.42. The van der Waals surface area contributed by atoms with Crippen LogP contribution in [0.25, 0.3) is 0 Å². The van der Waals surface area contributed by atoms with Crippen LogP contribution in [0.3, 0.4) is 0 Å². The molecular weight excluding hydrogens is 246 g/mol. The van der Waals surface area contributed by atoms with Crippen molar-refractivity contribution >= 4 is 11.9 Å². The van der Waals surface area contributed by atoms with Gasteiger partial charge in [-0.05, 0) is 12.8 Å². The smallest absolute Gasteiger partial charge is 0.338 e. The van der Waals surface area contributed by atoms with Gasteiger partial charge in [0, 0.05) is 12.2 Å². The first-order valence-electron chi connectivity index (χ1n) is 6.70. The summed E-state index contributed by atoms with van der Waals surface area (Å²) < 4.78 is 1.36. The van der Waals surface area contributed by atoms with E-state index in [1.54, 1.807) is 0 Å². The van der Waals surface area contributed by atoms with Crippen molar-refractivity contribution in [2.45, 2.75) is 51.1 Å². The highest BCUT2D eigenvalue weighted by Gasteiger charge is 2.15. The largest absolute Gasteiger partial charge is 0.478 e. The minimum Gasteiger partial charge on any atom is -0.478 e. The lowest BCUT2D eigenvalue weighted by molar-refractivity contribution is -0.122. The molecule has 0 atom stereocenters. The van der Waals surface area contributed by atoms with Gasteiger partial charge in [-0.1, -0.05) is 25.7 Å². The van der Waals surface area contributed by atoms with Gasteiger partial charge in [-0.15, -0.1) is 0 Å². The molecule has 1 aliphatic rings. The van der Waals surface area contributed by atoms with Crippen molar-refractivity contribution in [2.75, 3.05) is 0 Å². The van der Waals surface area contributed by atoms with Gasteiger partial charge in [-0.3, -0.25) is 9.48 Å². The Morgan fingerprint density at radius 1 is 1.32 bits per heavy atom. The third kappa shape index (κ3) is 4.08. The van der Waals surface area contributed by atoms with Crippen LogP contribution in [0.15, 0.2) is 12.4 Å². The molecule has 0 aromatic carbocycles. The molecule has 0 radical (unpaired) electrons. The third-order valence-corrected chi connectivity index (χ3v) is 3.41. The summed E-state index contributed by atoms with van der Waals surface area (Å²) in [6, 6.07) is 0.254. The molecule has 1 saturated carbocycles. The number of carbonyl (C=O) groups is 2. The number of aromatic nitrogens is 2. The first-order chi connectivity index (χ1) is 9.15. The standard InChI is InChI=1S/C13H19N3O3/c17-12(15-11-5-3-1-2-4-6-11)9-16-8-10(7-14-16)13(18)19/h7-8,11H,1-6,9H2,(H,15,17)(H,18,19). The van der Waals surface area contributed by atoms with E-state index in [1.807, 2.05) is 0 Å². The zero-order valence-corrected chi connectivity index (χ0v) is 10.8. The van der Waals surface area contributed by atoms with Gasteiger partial charge in [0.2, 0.25) is 5.91 Å². The van der Waals surface area contributed by atoms with Crippen molar-refractivity contribution in [1.29, 1.82) is 0 Å². The van der Waals surface area contributed by atoms with Gasteiger partial charge in [0.05, 0.1) is 11.8 Å². The highest BCUT2D eigenvalue weighted by Crippen LogP contribution is 2.17. The fourth-order valence-corrected chi connectivity index (χ4v) is 2.40. The van der Waals surface area contributed by atoms with Crippen molar-refractivity contribution in [1.82, 2.24) is 15.1 Å². The first-order valence-corrected chi connectivity index (χ1v) is 6.70. The Kier molecular flexibility index (Phi) is 4.54. The normalized spacial score (nSPS) is 16.8. The molecule has 104 valence electrons. The average Bonchev–Trinajstić information content (AvgIpc) is 2.67. The van der Waals surface area contributed by atoms with Crippen LogP contribution in [0.5, 0.6) is 0 Å². The minimum atomic E-state index is -1.03. The number of nitrogens with one attached hydrogen (secondary N) is 1. The van der Waals surface area contributed by atoms with Crippen LogP contribution in [0.4, 0.5) is 0 Å². The van der Waals surface area contributed by atoms with E-state index in [-0.39, 0.29) is 24.1 Å². The molecule has 0 bridgehead atoms. The Hall–Kier alpha value is -1.85. The number of rotatable bonds is 4. The zero-order chi connectivity index (χ0) is 13.7. The van der Waals surface area contributed by atoms with Gasteiger partial charge < -0.3 is 10.4 Å². The maximum Gasteiger partial charge on any atom is 0.338 e. The minimum absolute atomic E-state index is 0.0732. The van der Waals surface area contributed by atoms with Crippen LogP contribution < -0.4 is 5.32 Å². The summed E-state index contributed by atoms with van der Waals surface area (Å²) in [5.41, 5.74) is 0.0993. The number of aromatic carboxylic acids is 1. The molecule has 1 heterocycles. The highest BCUT2D eigenvalue weighted by molar-refractivity contribution is 5.87. The van der Waals surface area contributed by atoms with Crippen molar-refractivity contribution in [3.05, 3.63) is 18.0 Å². The second kappa shape index (κ2) is 6.36. The number of hydrogen-bond acceptors (Lipinski definition) is 3. The zero-order valence-electron chi connectivity index (χ0n) is 10.8. The fourth-order valence-electron chi connectivity index (χ4n) is 2.40. The predicted molar refractivity (Wildman–Crippen MR) is 68.8 cm³/mol. The van der Waals surface area contributed by atoms with Crippen molar-refractivity contribution in [3.63, 3.8) is 0 Å². The van der Waals surface area contributed by atoms with Crippen molar-refractivity contribution in [2.24, 2.45) is 0 Å². The Morgan fingerprint density at radius 2 is 2.00 bits per heavy atom. The SMILES string of the molecule is O=C(Cn1cc(C(=O)O)cn1)NC1CCCCCC1. The highest BCUT2D eigenvalue weighted by atomic mass is 16.4. The maximum atomic E-state index is 11.9. The number of amides is 1. The molecule has 1 aromatic rings. The fraction of sp³-hybridized carbons (Fsp3) is 0.615. The molecule has 0 saturated heterocycles. The second-order valence-corrected chi connectivity index (χ2v) is 4.99. The van der Waals surface area contributed by atoms with Gasteiger partial charge in [0.25, 0.3) is 0 Å². The summed E-state index contributed by atoms with van der Waals surface area (Å²) >= 11 is 0. The van der Waals surface area contributed by atoms with Crippen LogP contribution in [0, 0.1) is 0 Å². The summed E-state index contributed by atoms with van der Waals surface area (Å²) in [7, 11) is 0. The molecule has 0 spiro atoms. The van der Waals surface area contributed by atoms with Gasteiger partial charge in [0.1, 0.15) is 6.54 Å². The van der Waals surface area contributed by atoms with Crippen LogP contribution in [-0.4, -0.2) is 32.8 Å². The molecule has 0 unspecified atom stereocenters. The molecular formula is C13H19N3O3. The molecule has 1 aromatic heterocycles. The molecule has 19 heavy (non-hydrogen) atoms. The Bertz CT molecular complexity index is 448. The van der Waals surface area contributed by atoms with E-state index < -0.39 is 5.97 Å². The van der Waals surface area contributed by atoms with E-state index in [0.29, 0.717) is 0 Å². The second-order valence-electron chi connectivity index (χ2n) is 4.99. The number of carboxylic acid groups (broad SMARTS) is 1. The maximum absolute atomic E-state index is 11.9. The summed E-state index contributed by atoms with van der Waals surface area (Å²) in [5, 5.41) is 15.6. The molecule has 0 aliphatic heterocycles. The summed E-state index contributed by atoms with van der Waals surface area (Å²) in [4.78, 5) is 22.6. The molecule has 2 N–H and O–H groups in total. The summed E-state index contributed by atoms with van der Waals surface area (Å²) in [6.45, 7) is 0.0732. The van der Waals surface area contributed by atoms with Crippen LogP contribution in [0.1, 0.15) is 48.9 Å². The lowest BCUT2D eigenvalue weighted by atomic mass is 10.1. The summed E-state index contributed by atoms with van der Waals surface area (Å²) in [6.07, 6.45) is 9.50. The molecule has 1 aliphatic carbocycles. The van der Waals surface area contributed by atoms with E-state index in [4.69, 9.17) is 5.11 Å². The van der Waals surface area contributed by atoms with Gasteiger partial charge in [-0.25, -0.2) is 4.79 Å². The van der Waals surface area contributed by atoms with Crippen molar-refractivity contribution in [3.8, 4) is 0 Å². The third-order valence-electron chi connectivity index (χ3n) is 3.41. The Labute approximate surface area is 111 Å². The lowest BCUT2D eigenvalue weighted by Gasteiger charge is -2.16. The van der Waals surface area contributed by atoms with Gasteiger partial charge in [0.15, 0.2) is 0 Å². The Balaban J connectivity index is 1.84. The number of hydrogen-bond donors (Lipinski definition) is 2. The molecule has 6 heteroatoms. The van der Waals surface area contributed by atoms with E-state index in [0.717, 1.165) is 25.7 Å². The molecule has 1 amide bonds. The van der Waals surface area contributed by atoms with Crippen LogP contribution >= 0.6 is 0 Å². The number of nitrogens with zero attached hydrogens (tertiary/aromatic N) is 2. The van der Waals surface area contributed by atoms with Crippen molar-refractivity contribution < 1.29 is 14.7 Å². The van der Waals surface area contributed by atoms with Gasteiger partial charge in [-0.2, -0.15) is 5.10 Å². The van der Waals surface area contributed by atoms with Crippen LogP contribution in [0.2, 0.25) is 0 Å². The summed E-state index contributed by atoms with van der Waals surface area (Å²) in [5.74, 6) is -1.14. The molecule has 2 rings (SSSR count). The van der Waals surface area contributed by atoms with E-state index >= 15 is 0 Å². The molecule has 6 nitrogen and oxygen atoms in total. The first kappa shape index (κ1) is 13.6.